The number of carbonyl (C=O) groups excluding carboxylic acids is 1. The molecule has 0 spiro atoms. The van der Waals surface area contributed by atoms with Crippen LogP contribution in [0.4, 0.5) is 5.69 Å². The third kappa shape index (κ3) is 1.93. The molecule has 0 atom stereocenters. The van der Waals surface area contributed by atoms with Gasteiger partial charge in [-0.2, -0.15) is 4.74 Å². The van der Waals surface area contributed by atoms with Gasteiger partial charge in [-0.05, 0) is 40.2 Å². The Labute approximate surface area is 126 Å². The number of fused-ring (bicyclic) bond motifs is 1. The van der Waals surface area contributed by atoms with Crippen molar-refractivity contribution in [3.05, 3.63) is 67.7 Å². The highest BCUT2D eigenvalue weighted by Crippen LogP contribution is 2.32. The molecule has 0 amide bonds. The van der Waals surface area contributed by atoms with Crippen molar-refractivity contribution in [3.8, 4) is 0 Å². The van der Waals surface area contributed by atoms with Gasteiger partial charge in [-0.25, -0.2) is 0 Å². The predicted octanol–water partition coefficient (Wildman–Crippen LogP) is 4.04. The Bertz CT molecular complexity index is 738. The van der Waals surface area contributed by atoms with Gasteiger partial charge in [-0.3, -0.25) is 4.79 Å². The first-order valence-electron chi connectivity index (χ1n) is 5.53. The summed E-state index contributed by atoms with van der Waals surface area (Å²) in [5, 5.41) is 12.3. The molecule has 3 rings (SSSR count). The highest BCUT2D eigenvalue weighted by atomic mass is 79.9. The second kappa shape index (κ2) is 4.58. The van der Waals surface area contributed by atoms with E-state index < -0.39 is 0 Å². The Morgan fingerprint density at radius 1 is 1.00 bits per heavy atom. The topological polar surface area (TPSA) is 43.1 Å². The van der Waals surface area contributed by atoms with Crippen LogP contribution in [0.3, 0.4) is 0 Å². The van der Waals surface area contributed by atoms with Crippen LogP contribution in [0.25, 0.3) is 0 Å². The average molecular weight is 381 g/mol. The van der Waals surface area contributed by atoms with Gasteiger partial charge in [0.1, 0.15) is 5.56 Å². The Balaban J connectivity index is 2.24. The molecular formula is C14H7Br2NO2. The molecule has 19 heavy (non-hydrogen) atoms. The number of carbonyl (C=O) groups is 1. The molecule has 0 saturated heterocycles. The molecule has 94 valence electrons. The molecule has 5 heteroatoms. The fraction of sp³-hybridized carbons (Fsp3) is 0. The van der Waals surface area contributed by atoms with E-state index >= 15 is 0 Å². The summed E-state index contributed by atoms with van der Waals surface area (Å²) in [5.41, 5.74) is 1.57. The molecule has 0 saturated carbocycles. The highest BCUT2D eigenvalue weighted by Gasteiger charge is 2.37. The molecule has 3 nitrogen and oxygen atoms in total. The van der Waals surface area contributed by atoms with Crippen LogP contribution in [0.15, 0.2) is 51.4 Å². The Kier molecular flexibility index (Phi) is 3.03. The first-order chi connectivity index (χ1) is 9.09. The molecule has 0 aromatic heterocycles. The van der Waals surface area contributed by atoms with Crippen molar-refractivity contribution in [1.82, 2.24) is 0 Å². The Morgan fingerprint density at radius 2 is 1.74 bits per heavy atom. The molecule has 1 heterocycles. The van der Waals surface area contributed by atoms with Crippen molar-refractivity contribution in [2.75, 3.05) is 0 Å². The standard InChI is InChI=1S/C14H7Br2NO2/c15-8-5-6-12-10(7-8)14(18)13(17(12)19)9-3-1-2-4-11(9)16/h1-7H. The number of rotatable bonds is 1. The molecular weight excluding hydrogens is 374 g/mol. The van der Waals surface area contributed by atoms with E-state index in [9.17, 15) is 10.0 Å². The van der Waals surface area contributed by atoms with E-state index in [1.807, 2.05) is 12.1 Å². The molecule has 0 N–H and O–H groups in total. The molecule has 0 unspecified atom stereocenters. The average Bonchev–Trinajstić information content (AvgIpc) is 2.63. The lowest BCUT2D eigenvalue weighted by Crippen LogP contribution is -2.17. The van der Waals surface area contributed by atoms with Crippen LogP contribution in [0.1, 0.15) is 15.9 Å². The van der Waals surface area contributed by atoms with Crippen LogP contribution in [0, 0.1) is 5.21 Å². The van der Waals surface area contributed by atoms with Gasteiger partial charge in [0.05, 0.1) is 5.56 Å². The van der Waals surface area contributed by atoms with Crippen molar-refractivity contribution in [2.45, 2.75) is 0 Å². The largest absolute Gasteiger partial charge is 0.618 e. The molecule has 0 fully saturated rings. The number of hydrogen-bond donors (Lipinski definition) is 0. The summed E-state index contributed by atoms with van der Waals surface area (Å²) >= 11 is 6.68. The number of ketones is 1. The number of nitrogens with zero attached hydrogens (tertiary/aromatic N) is 1. The van der Waals surface area contributed by atoms with Crippen molar-refractivity contribution in [2.24, 2.45) is 0 Å². The summed E-state index contributed by atoms with van der Waals surface area (Å²) in [5.74, 6) is -0.252. The van der Waals surface area contributed by atoms with Gasteiger partial charge in [0, 0.05) is 15.0 Å². The van der Waals surface area contributed by atoms with E-state index in [4.69, 9.17) is 0 Å². The number of halogens is 2. The van der Waals surface area contributed by atoms with Crippen molar-refractivity contribution in [3.63, 3.8) is 0 Å². The maximum Gasteiger partial charge on any atom is 0.274 e. The summed E-state index contributed by atoms with van der Waals surface area (Å²) in [6.07, 6.45) is 0. The maximum absolute atomic E-state index is 12.4. The summed E-state index contributed by atoms with van der Waals surface area (Å²) in [6.45, 7) is 0. The molecule has 2 aromatic rings. The third-order valence-corrected chi connectivity index (χ3v) is 4.15. The minimum Gasteiger partial charge on any atom is -0.618 e. The van der Waals surface area contributed by atoms with Crippen molar-refractivity contribution in [1.29, 1.82) is 0 Å². The van der Waals surface area contributed by atoms with Crippen LogP contribution in [-0.2, 0) is 0 Å². The number of Topliss-reactive ketones (excluding diaryl/α,β-unsaturated/α-hetero) is 1. The van der Waals surface area contributed by atoms with E-state index in [1.54, 1.807) is 30.3 Å². The van der Waals surface area contributed by atoms with E-state index in [2.05, 4.69) is 31.9 Å². The zero-order chi connectivity index (χ0) is 13.6. The van der Waals surface area contributed by atoms with Crippen molar-refractivity contribution < 1.29 is 9.53 Å². The highest BCUT2D eigenvalue weighted by molar-refractivity contribution is 9.10. The summed E-state index contributed by atoms with van der Waals surface area (Å²) in [6, 6.07) is 12.3. The van der Waals surface area contributed by atoms with Gasteiger partial charge < -0.3 is 5.21 Å². The van der Waals surface area contributed by atoms with E-state index in [0.717, 1.165) is 8.95 Å². The van der Waals surface area contributed by atoms with E-state index in [1.165, 1.54) is 0 Å². The van der Waals surface area contributed by atoms with Crippen molar-refractivity contribution >= 4 is 49.0 Å². The molecule has 2 aromatic carbocycles. The summed E-state index contributed by atoms with van der Waals surface area (Å²) < 4.78 is 2.21. The van der Waals surface area contributed by atoms with Gasteiger partial charge in [-0.1, -0.05) is 28.1 Å². The minimum atomic E-state index is -0.252. The van der Waals surface area contributed by atoms with Crippen LogP contribution in [-0.4, -0.2) is 16.2 Å². The van der Waals surface area contributed by atoms with Gasteiger partial charge in [0.2, 0.25) is 5.69 Å². The zero-order valence-electron chi connectivity index (χ0n) is 9.56. The Morgan fingerprint density at radius 3 is 2.47 bits per heavy atom. The second-order valence-corrected chi connectivity index (χ2v) is 5.88. The zero-order valence-corrected chi connectivity index (χ0v) is 12.7. The summed E-state index contributed by atoms with van der Waals surface area (Å²) in [4.78, 5) is 12.4. The quantitative estimate of drug-likeness (QED) is 0.553. The van der Waals surface area contributed by atoms with E-state index in [-0.39, 0.29) is 11.5 Å². The van der Waals surface area contributed by atoms with Crippen LogP contribution >= 0.6 is 31.9 Å². The molecule has 0 bridgehead atoms. The number of hydrogen-bond acceptors (Lipinski definition) is 2. The van der Waals surface area contributed by atoms with E-state index in [0.29, 0.717) is 21.6 Å². The monoisotopic (exact) mass is 379 g/mol. The molecule has 0 aliphatic carbocycles. The minimum absolute atomic E-state index is 0.153. The lowest BCUT2D eigenvalue weighted by atomic mass is 10.0. The number of benzene rings is 2. The van der Waals surface area contributed by atoms with Crippen LogP contribution in [0.2, 0.25) is 0 Å². The normalized spacial score (nSPS) is 13.9. The fourth-order valence-electron chi connectivity index (χ4n) is 2.09. The second-order valence-electron chi connectivity index (χ2n) is 4.11. The maximum atomic E-state index is 12.4. The smallest absolute Gasteiger partial charge is 0.274 e. The Hall–Kier alpha value is -1.46. The first kappa shape index (κ1) is 12.6. The van der Waals surface area contributed by atoms with Crippen LogP contribution in [0.5, 0.6) is 0 Å². The van der Waals surface area contributed by atoms with Gasteiger partial charge in [0.25, 0.3) is 11.5 Å². The van der Waals surface area contributed by atoms with Gasteiger partial charge in [-0.15, -0.1) is 0 Å². The summed E-state index contributed by atoms with van der Waals surface area (Å²) in [7, 11) is 0. The van der Waals surface area contributed by atoms with Gasteiger partial charge in [0.15, 0.2) is 0 Å². The first-order valence-corrected chi connectivity index (χ1v) is 7.11. The molecule has 1 aliphatic heterocycles. The lowest BCUT2D eigenvalue weighted by Gasteiger charge is -2.03. The molecule has 0 radical (unpaired) electrons. The molecule has 1 aliphatic rings. The fourth-order valence-corrected chi connectivity index (χ4v) is 2.93. The third-order valence-electron chi connectivity index (χ3n) is 2.97. The lowest BCUT2D eigenvalue weighted by molar-refractivity contribution is -0.355. The van der Waals surface area contributed by atoms with Gasteiger partial charge >= 0.3 is 0 Å². The predicted molar refractivity (Wildman–Crippen MR) is 80.0 cm³/mol. The SMILES string of the molecule is O=C1C(c2ccccc2Br)=[N+]([O-])c2ccc(Br)cc21. The van der Waals surface area contributed by atoms with Crippen LogP contribution < -0.4 is 0 Å².